The molecule has 0 aromatic rings. The Morgan fingerprint density at radius 2 is 1.81 bits per heavy atom. The summed E-state index contributed by atoms with van der Waals surface area (Å²) in [6.07, 6.45) is 0.807. The van der Waals surface area contributed by atoms with Crippen molar-refractivity contribution >= 4 is 11.9 Å². The van der Waals surface area contributed by atoms with Gasteiger partial charge in [-0.1, -0.05) is 0 Å². The Bertz CT molecular complexity index is 244. The van der Waals surface area contributed by atoms with E-state index in [1.54, 1.807) is 20.8 Å². The molecule has 5 nitrogen and oxygen atoms in total. The SMILES string of the molecule is CN(C)CCCNC(=O)C(=O)OC(C)(C)C. The van der Waals surface area contributed by atoms with Gasteiger partial charge >= 0.3 is 11.9 Å². The second-order valence-corrected chi connectivity index (χ2v) is 4.91. The lowest BCUT2D eigenvalue weighted by Crippen LogP contribution is -2.37. The predicted molar refractivity (Wildman–Crippen MR) is 62.0 cm³/mol. The maximum absolute atomic E-state index is 11.3. The number of hydrogen-bond donors (Lipinski definition) is 1. The molecule has 1 amide bonds. The number of amides is 1. The molecule has 0 aromatic carbocycles. The molecular formula is C11H22N2O3. The maximum atomic E-state index is 11.3. The van der Waals surface area contributed by atoms with Crippen molar-refractivity contribution in [2.75, 3.05) is 27.2 Å². The number of rotatable bonds is 4. The summed E-state index contributed by atoms with van der Waals surface area (Å²) in [5, 5.41) is 2.52. The monoisotopic (exact) mass is 230 g/mol. The molecule has 0 unspecified atom stereocenters. The zero-order chi connectivity index (χ0) is 12.8. The Morgan fingerprint density at radius 1 is 1.25 bits per heavy atom. The van der Waals surface area contributed by atoms with Crippen molar-refractivity contribution in [2.45, 2.75) is 32.8 Å². The van der Waals surface area contributed by atoms with Crippen molar-refractivity contribution in [3.63, 3.8) is 0 Å². The molecule has 0 radical (unpaired) electrons. The van der Waals surface area contributed by atoms with Crippen LogP contribution in [0.3, 0.4) is 0 Å². The number of carbonyl (C=O) groups is 2. The van der Waals surface area contributed by atoms with Gasteiger partial charge < -0.3 is 15.0 Å². The third kappa shape index (κ3) is 8.23. The molecule has 0 aliphatic carbocycles. The van der Waals surface area contributed by atoms with Gasteiger partial charge in [0.05, 0.1) is 0 Å². The first-order valence-corrected chi connectivity index (χ1v) is 5.38. The Kier molecular flexibility index (Phi) is 6.03. The molecule has 0 aliphatic rings. The predicted octanol–water partition coefficient (Wildman–Crippen LogP) is 0.396. The van der Waals surface area contributed by atoms with Gasteiger partial charge in [0, 0.05) is 6.54 Å². The van der Waals surface area contributed by atoms with Crippen molar-refractivity contribution in [3.8, 4) is 0 Å². The average molecular weight is 230 g/mol. The average Bonchev–Trinajstić information content (AvgIpc) is 2.08. The fraction of sp³-hybridized carbons (Fsp3) is 0.818. The third-order valence-corrected chi connectivity index (χ3v) is 1.65. The maximum Gasteiger partial charge on any atom is 0.397 e. The number of nitrogens with zero attached hydrogens (tertiary/aromatic N) is 1. The fourth-order valence-electron chi connectivity index (χ4n) is 0.994. The van der Waals surface area contributed by atoms with E-state index in [4.69, 9.17) is 4.74 Å². The molecule has 0 aliphatic heterocycles. The molecule has 0 heterocycles. The molecule has 5 heteroatoms. The second kappa shape index (κ2) is 6.48. The van der Waals surface area contributed by atoms with Crippen molar-refractivity contribution in [1.29, 1.82) is 0 Å². The minimum absolute atomic E-state index is 0.482. The molecule has 0 atom stereocenters. The number of hydrogen-bond acceptors (Lipinski definition) is 4. The van der Waals surface area contributed by atoms with E-state index < -0.39 is 17.5 Å². The van der Waals surface area contributed by atoms with Crippen molar-refractivity contribution in [2.24, 2.45) is 0 Å². The quantitative estimate of drug-likeness (QED) is 0.431. The molecule has 0 aromatic heterocycles. The lowest BCUT2D eigenvalue weighted by atomic mass is 10.2. The normalized spacial score (nSPS) is 11.4. The first-order valence-electron chi connectivity index (χ1n) is 5.38. The molecule has 0 saturated heterocycles. The zero-order valence-electron chi connectivity index (χ0n) is 10.8. The van der Waals surface area contributed by atoms with E-state index in [1.165, 1.54) is 0 Å². The third-order valence-electron chi connectivity index (χ3n) is 1.65. The molecule has 0 fully saturated rings. The van der Waals surface area contributed by atoms with E-state index in [9.17, 15) is 9.59 Å². The first-order chi connectivity index (χ1) is 7.22. The number of ether oxygens (including phenoxy) is 1. The van der Waals surface area contributed by atoms with Crippen LogP contribution in [0.1, 0.15) is 27.2 Å². The van der Waals surface area contributed by atoms with Crippen LogP contribution in [0.5, 0.6) is 0 Å². The van der Waals surface area contributed by atoms with Gasteiger partial charge in [0.2, 0.25) is 0 Å². The van der Waals surface area contributed by atoms with E-state index >= 15 is 0 Å². The second-order valence-electron chi connectivity index (χ2n) is 4.91. The smallest absolute Gasteiger partial charge is 0.397 e. The first kappa shape index (κ1) is 14.9. The summed E-state index contributed by atoms with van der Waals surface area (Å²) < 4.78 is 4.92. The van der Waals surface area contributed by atoms with E-state index in [-0.39, 0.29) is 0 Å². The molecule has 0 bridgehead atoms. The molecule has 16 heavy (non-hydrogen) atoms. The lowest BCUT2D eigenvalue weighted by Gasteiger charge is -2.18. The van der Waals surface area contributed by atoms with Crippen LogP contribution in [-0.4, -0.2) is 49.6 Å². The van der Waals surface area contributed by atoms with Crippen LogP contribution in [0, 0.1) is 0 Å². The fourth-order valence-corrected chi connectivity index (χ4v) is 0.994. The van der Waals surface area contributed by atoms with E-state index in [0.29, 0.717) is 6.54 Å². The van der Waals surface area contributed by atoms with Crippen LogP contribution in [0.4, 0.5) is 0 Å². The summed E-state index contributed by atoms with van der Waals surface area (Å²) in [5.74, 6) is -1.49. The Labute approximate surface area is 97.1 Å². The van der Waals surface area contributed by atoms with E-state index in [2.05, 4.69) is 5.32 Å². The largest absolute Gasteiger partial charge is 0.453 e. The highest BCUT2D eigenvalue weighted by Crippen LogP contribution is 2.06. The van der Waals surface area contributed by atoms with Crippen molar-refractivity contribution in [3.05, 3.63) is 0 Å². The van der Waals surface area contributed by atoms with Crippen LogP contribution >= 0.6 is 0 Å². The van der Waals surface area contributed by atoms with Crippen molar-refractivity contribution in [1.82, 2.24) is 10.2 Å². The van der Waals surface area contributed by atoms with Gasteiger partial charge in [-0.3, -0.25) is 4.79 Å². The minimum Gasteiger partial charge on any atom is -0.453 e. The van der Waals surface area contributed by atoms with Crippen LogP contribution in [0.25, 0.3) is 0 Å². The van der Waals surface area contributed by atoms with Gasteiger partial charge in [-0.15, -0.1) is 0 Å². The highest BCUT2D eigenvalue weighted by atomic mass is 16.6. The summed E-state index contributed by atoms with van der Waals surface area (Å²) in [4.78, 5) is 24.5. The molecular weight excluding hydrogens is 208 g/mol. The Morgan fingerprint density at radius 3 is 2.25 bits per heavy atom. The summed E-state index contributed by atoms with van der Waals surface area (Å²) in [7, 11) is 3.91. The van der Waals surface area contributed by atoms with Gasteiger partial charge in [0.1, 0.15) is 5.60 Å². The number of carbonyl (C=O) groups excluding carboxylic acids is 2. The standard InChI is InChI=1S/C11H22N2O3/c1-11(2,3)16-10(15)9(14)12-7-6-8-13(4)5/h6-8H2,1-5H3,(H,12,14). The Hall–Kier alpha value is -1.10. The summed E-state index contributed by atoms with van der Waals surface area (Å²) in [5.41, 5.74) is -0.627. The Balaban J connectivity index is 3.77. The number of nitrogens with one attached hydrogen (secondary N) is 1. The molecule has 94 valence electrons. The number of esters is 1. The summed E-state index contributed by atoms with van der Waals surface area (Å²) >= 11 is 0. The van der Waals surface area contributed by atoms with E-state index in [1.807, 2.05) is 19.0 Å². The van der Waals surface area contributed by atoms with Crippen LogP contribution < -0.4 is 5.32 Å². The highest BCUT2D eigenvalue weighted by Gasteiger charge is 2.22. The van der Waals surface area contributed by atoms with Gasteiger partial charge in [0.25, 0.3) is 0 Å². The van der Waals surface area contributed by atoms with Gasteiger partial charge in [-0.25, -0.2) is 4.79 Å². The molecule has 0 rings (SSSR count). The lowest BCUT2D eigenvalue weighted by molar-refractivity contribution is -0.163. The van der Waals surface area contributed by atoms with Gasteiger partial charge in [0.15, 0.2) is 0 Å². The molecule has 0 saturated carbocycles. The summed E-state index contributed by atoms with van der Waals surface area (Å²) in [6.45, 7) is 6.53. The topological polar surface area (TPSA) is 58.6 Å². The van der Waals surface area contributed by atoms with Gasteiger partial charge in [-0.05, 0) is 47.8 Å². The molecule has 1 N–H and O–H groups in total. The summed E-state index contributed by atoms with van der Waals surface area (Å²) in [6, 6.07) is 0. The minimum atomic E-state index is -0.822. The van der Waals surface area contributed by atoms with Crippen LogP contribution in [0.15, 0.2) is 0 Å². The van der Waals surface area contributed by atoms with Gasteiger partial charge in [-0.2, -0.15) is 0 Å². The molecule has 0 spiro atoms. The van der Waals surface area contributed by atoms with Crippen LogP contribution in [0.2, 0.25) is 0 Å². The zero-order valence-corrected chi connectivity index (χ0v) is 10.8. The van der Waals surface area contributed by atoms with Crippen molar-refractivity contribution < 1.29 is 14.3 Å². The van der Waals surface area contributed by atoms with E-state index in [0.717, 1.165) is 13.0 Å². The van der Waals surface area contributed by atoms with Crippen LogP contribution in [-0.2, 0) is 14.3 Å². The highest BCUT2D eigenvalue weighted by molar-refractivity contribution is 6.32.